The lowest BCUT2D eigenvalue weighted by Gasteiger charge is -2.26. The molecule has 3 rings (SSSR count). The molecule has 1 aliphatic heterocycles. The van der Waals surface area contributed by atoms with Gasteiger partial charge in [0.1, 0.15) is 0 Å². The number of piperidine rings is 1. The number of hydrogen-bond donors (Lipinski definition) is 1. The van der Waals surface area contributed by atoms with Crippen LogP contribution in [0, 0.1) is 6.92 Å². The molecular formula is C16H18ClN3O3S2. The number of thiazole rings is 1. The van der Waals surface area contributed by atoms with Crippen molar-refractivity contribution in [2.75, 3.05) is 18.4 Å². The van der Waals surface area contributed by atoms with E-state index in [2.05, 4.69) is 10.3 Å². The van der Waals surface area contributed by atoms with Crippen LogP contribution in [0.5, 0.6) is 0 Å². The normalized spacial score (nSPS) is 15.9. The monoisotopic (exact) mass is 399 g/mol. The highest BCUT2D eigenvalue weighted by Gasteiger charge is 2.27. The predicted molar refractivity (Wildman–Crippen MR) is 98.9 cm³/mol. The lowest BCUT2D eigenvalue weighted by atomic mass is 10.2. The Morgan fingerprint density at radius 1 is 1.28 bits per heavy atom. The van der Waals surface area contributed by atoms with Gasteiger partial charge in [0.15, 0.2) is 5.13 Å². The zero-order valence-corrected chi connectivity index (χ0v) is 16.0. The minimum atomic E-state index is -3.62. The van der Waals surface area contributed by atoms with Gasteiger partial charge in [-0.2, -0.15) is 4.31 Å². The SMILES string of the molecule is Cc1cnc(NC(=O)c2cc(S(=O)(=O)N3CCCCC3)ccc2Cl)s1. The van der Waals surface area contributed by atoms with Crippen molar-refractivity contribution >= 4 is 44.0 Å². The van der Waals surface area contributed by atoms with E-state index in [-0.39, 0.29) is 15.5 Å². The molecule has 25 heavy (non-hydrogen) atoms. The Labute approximate surface area is 155 Å². The van der Waals surface area contributed by atoms with E-state index in [1.807, 2.05) is 6.92 Å². The molecule has 0 saturated carbocycles. The number of nitrogens with zero attached hydrogens (tertiary/aromatic N) is 2. The minimum absolute atomic E-state index is 0.0827. The van der Waals surface area contributed by atoms with Gasteiger partial charge in [-0.1, -0.05) is 18.0 Å². The largest absolute Gasteiger partial charge is 0.298 e. The number of halogens is 1. The first-order valence-electron chi connectivity index (χ1n) is 7.91. The summed E-state index contributed by atoms with van der Waals surface area (Å²) >= 11 is 7.45. The molecule has 1 N–H and O–H groups in total. The Hall–Kier alpha value is -1.48. The highest BCUT2D eigenvalue weighted by atomic mass is 35.5. The summed E-state index contributed by atoms with van der Waals surface area (Å²) in [7, 11) is -3.62. The number of hydrogen-bond acceptors (Lipinski definition) is 5. The van der Waals surface area contributed by atoms with Crippen LogP contribution < -0.4 is 5.32 Å². The maximum atomic E-state index is 12.8. The lowest BCUT2D eigenvalue weighted by molar-refractivity contribution is 0.102. The Morgan fingerprint density at radius 3 is 2.64 bits per heavy atom. The number of carbonyl (C=O) groups is 1. The number of benzene rings is 1. The number of sulfonamides is 1. The van der Waals surface area contributed by atoms with Crippen LogP contribution in [0.4, 0.5) is 5.13 Å². The highest BCUT2D eigenvalue weighted by molar-refractivity contribution is 7.89. The fourth-order valence-electron chi connectivity index (χ4n) is 2.67. The zero-order chi connectivity index (χ0) is 18.0. The molecule has 1 saturated heterocycles. The van der Waals surface area contributed by atoms with Gasteiger partial charge in [0.2, 0.25) is 10.0 Å². The van der Waals surface area contributed by atoms with Crippen LogP contribution in [0.2, 0.25) is 5.02 Å². The van der Waals surface area contributed by atoms with E-state index < -0.39 is 15.9 Å². The van der Waals surface area contributed by atoms with Gasteiger partial charge in [0.05, 0.1) is 15.5 Å². The molecule has 0 unspecified atom stereocenters. The summed E-state index contributed by atoms with van der Waals surface area (Å²) in [6, 6.07) is 4.22. The van der Waals surface area contributed by atoms with E-state index in [4.69, 9.17) is 11.6 Å². The Bertz CT molecular complexity index is 890. The van der Waals surface area contributed by atoms with E-state index in [9.17, 15) is 13.2 Å². The fourth-order valence-corrected chi connectivity index (χ4v) is 5.08. The minimum Gasteiger partial charge on any atom is -0.298 e. The molecule has 0 radical (unpaired) electrons. The molecule has 0 atom stereocenters. The van der Waals surface area contributed by atoms with Crippen LogP contribution in [0.15, 0.2) is 29.3 Å². The fraction of sp³-hybridized carbons (Fsp3) is 0.375. The first kappa shape index (κ1) is 18.3. The average molecular weight is 400 g/mol. The summed E-state index contributed by atoms with van der Waals surface area (Å²) in [5, 5.41) is 3.30. The van der Waals surface area contributed by atoms with Crippen LogP contribution in [0.25, 0.3) is 0 Å². The standard InChI is InChI=1S/C16H18ClN3O3S2/c1-11-10-18-16(24-11)19-15(21)13-9-12(5-6-14(13)17)25(22,23)20-7-3-2-4-8-20/h5-6,9-10H,2-4,7-8H2,1H3,(H,18,19,21). The number of carbonyl (C=O) groups excluding carboxylic acids is 1. The maximum absolute atomic E-state index is 12.8. The topological polar surface area (TPSA) is 79.4 Å². The highest BCUT2D eigenvalue weighted by Crippen LogP contribution is 2.26. The Kier molecular flexibility index (Phi) is 5.43. The molecule has 1 aromatic heterocycles. The van der Waals surface area contributed by atoms with Crippen molar-refractivity contribution in [2.45, 2.75) is 31.1 Å². The number of rotatable bonds is 4. The number of aromatic nitrogens is 1. The molecule has 134 valence electrons. The van der Waals surface area contributed by atoms with E-state index in [0.29, 0.717) is 18.2 Å². The van der Waals surface area contributed by atoms with Crippen molar-refractivity contribution < 1.29 is 13.2 Å². The molecule has 1 fully saturated rings. The summed E-state index contributed by atoms with van der Waals surface area (Å²) in [6.07, 6.45) is 4.39. The molecule has 1 amide bonds. The van der Waals surface area contributed by atoms with Gasteiger partial charge in [-0.05, 0) is 38.0 Å². The third-order valence-corrected chi connectivity index (χ3v) is 7.03. The van der Waals surface area contributed by atoms with Crippen molar-refractivity contribution in [1.29, 1.82) is 0 Å². The lowest BCUT2D eigenvalue weighted by Crippen LogP contribution is -2.35. The molecule has 1 aliphatic rings. The van der Waals surface area contributed by atoms with Crippen LogP contribution in [-0.2, 0) is 10.0 Å². The number of nitrogens with one attached hydrogen (secondary N) is 1. The van der Waals surface area contributed by atoms with Gasteiger partial charge in [-0.3, -0.25) is 10.1 Å². The van der Waals surface area contributed by atoms with E-state index >= 15 is 0 Å². The van der Waals surface area contributed by atoms with Crippen LogP contribution in [0.1, 0.15) is 34.5 Å². The van der Waals surface area contributed by atoms with E-state index in [1.165, 1.54) is 33.8 Å². The van der Waals surface area contributed by atoms with Gasteiger partial charge in [0.25, 0.3) is 5.91 Å². The third-order valence-electron chi connectivity index (χ3n) is 3.98. The molecule has 0 aliphatic carbocycles. The van der Waals surface area contributed by atoms with Gasteiger partial charge < -0.3 is 0 Å². The summed E-state index contributed by atoms with van der Waals surface area (Å²) in [5.74, 6) is -0.477. The van der Waals surface area contributed by atoms with E-state index in [1.54, 1.807) is 6.20 Å². The first-order valence-corrected chi connectivity index (χ1v) is 10.5. The number of anilines is 1. The van der Waals surface area contributed by atoms with Crippen molar-refractivity contribution in [1.82, 2.24) is 9.29 Å². The Balaban J connectivity index is 1.88. The van der Waals surface area contributed by atoms with Crippen LogP contribution in [-0.4, -0.2) is 36.7 Å². The van der Waals surface area contributed by atoms with Crippen LogP contribution in [0.3, 0.4) is 0 Å². The third kappa shape index (κ3) is 4.03. The smallest absolute Gasteiger partial charge is 0.259 e. The van der Waals surface area contributed by atoms with Gasteiger partial charge in [-0.25, -0.2) is 13.4 Å². The first-order chi connectivity index (χ1) is 11.9. The number of amides is 1. The van der Waals surface area contributed by atoms with Gasteiger partial charge in [-0.15, -0.1) is 11.3 Å². The van der Waals surface area contributed by atoms with Crippen molar-refractivity contribution in [3.05, 3.63) is 39.9 Å². The zero-order valence-electron chi connectivity index (χ0n) is 13.7. The molecule has 2 aromatic rings. The molecule has 9 heteroatoms. The summed E-state index contributed by atoms with van der Waals surface area (Å²) in [5.41, 5.74) is 0.118. The molecule has 2 heterocycles. The molecule has 1 aromatic carbocycles. The molecule has 0 spiro atoms. The molecule has 6 nitrogen and oxygen atoms in total. The summed E-state index contributed by atoms with van der Waals surface area (Å²) in [4.78, 5) is 17.6. The van der Waals surface area contributed by atoms with E-state index in [0.717, 1.165) is 24.1 Å². The molecule has 0 bridgehead atoms. The maximum Gasteiger partial charge on any atom is 0.259 e. The number of aryl methyl sites for hydroxylation is 1. The van der Waals surface area contributed by atoms with Crippen molar-refractivity contribution in [3.8, 4) is 0 Å². The van der Waals surface area contributed by atoms with Gasteiger partial charge >= 0.3 is 0 Å². The van der Waals surface area contributed by atoms with Crippen molar-refractivity contribution in [3.63, 3.8) is 0 Å². The van der Waals surface area contributed by atoms with Gasteiger partial charge in [0, 0.05) is 24.2 Å². The molecular weight excluding hydrogens is 382 g/mol. The average Bonchev–Trinajstić information content (AvgIpc) is 3.00. The quantitative estimate of drug-likeness (QED) is 0.852. The second-order valence-corrected chi connectivity index (χ2v) is 9.42. The predicted octanol–water partition coefficient (Wildman–Crippen LogP) is 3.53. The summed E-state index contributed by atoms with van der Waals surface area (Å²) in [6.45, 7) is 2.89. The second-order valence-electron chi connectivity index (χ2n) is 5.84. The summed E-state index contributed by atoms with van der Waals surface area (Å²) < 4.78 is 27.0. The van der Waals surface area contributed by atoms with Crippen molar-refractivity contribution in [2.24, 2.45) is 0 Å². The van der Waals surface area contributed by atoms with Crippen LogP contribution >= 0.6 is 22.9 Å². The Morgan fingerprint density at radius 2 is 2.00 bits per heavy atom. The second kappa shape index (κ2) is 7.41.